The van der Waals surface area contributed by atoms with E-state index in [2.05, 4.69) is 10.3 Å². The van der Waals surface area contributed by atoms with Crippen LogP contribution in [0, 0.1) is 0 Å². The Balaban J connectivity index is 2.90. The number of aliphatic imine (C=N–C) groups is 1. The van der Waals surface area contributed by atoms with Gasteiger partial charge in [-0.15, -0.1) is 0 Å². The molecule has 0 bridgehead atoms. The highest BCUT2D eigenvalue weighted by Crippen LogP contribution is 2.17. The first kappa shape index (κ1) is 11.6. The molecule has 6 nitrogen and oxygen atoms in total. The molecule has 0 saturated carbocycles. The van der Waals surface area contributed by atoms with E-state index in [1.807, 2.05) is 0 Å². The summed E-state index contributed by atoms with van der Waals surface area (Å²) in [4.78, 5) is 35.2. The van der Waals surface area contributed by atoms with E-state index in [9.17, 15) is 14.4 Å². The van der Waals surface area contributed by atoms with E-state index < -0.39 is 18.4 Å². The van der Waals surface area contributed by atoms with Crippen LogP contribution in [0.1, 0.15) is 10.4 Å². The number of isocyanates is 1. The maximum Gasteiger partial charge on any atom is 0.322 e. The zero-order valence-corrected chi connectivity index (χ0v) is 8.14. The van der Waals surface area contributed by atoms with Crippen LogP contribution in [0.2, 0.25) is 0 Å². The molecule has 0 spiro atoms. The number of carbonyl (C=O) groups excluding carboxylic acids is 2. The van der Waals surface area contributed by atoms with Gasteiger partial charge in [-0.2, -0.15) is 4.99 Å². The Morgan fingerprint density at radius 3 is 2.69 bits per heavy atom. The topological polar surface area (TPSA) is 95.8 Å². The Morgan fingerprint density at radius 1 is 1.38 bits per heavy atom. The molecule has 82 valence electrons. The second kappa shape index (κ2) is 5.43. The van der Waals surface area contributed by atoms with E-state index >= 15 is 0 Å². The molecule has 0 radical (unpaired) electrons. The number of amides is 1. The molecule has 0 saturated heterocycles. The monoisotopic (exact) mass is 220 g/mol. The Bertz CT molecular complexity index is 464. The average Bonchev–Trinajstić information content (AvgIpc) is 2.27. The quantitative estimate of drug-likeness (QED) is 0.569. The fraction of sp³-hybridized carbons (Fsp3) is 0.100. The van der Waals surface area contributed by atoms with E-state index in [0.717, 1.165) is 0 Å². The number of nitrogens with one attached hydrogen (secondary N) is 1. The highest BCUT2D eigenvalue weighted by atomic mass is 16.4. The van der Waals surface area contributed by atoms with E-state index in [-0.39, 0.29) is 11.3 Å². The van der Waals surface area contributed by atoms with Gasteiger partial charge >= 0.3 is 5.97 Å². The summed E-state index contributed by atoms with van der Waals surface area (Å²) in [7, 11) is 0. The number of para-hydroxylation sites is 1. The number of nitrogens with zero attached hydrogens (tertiary/aromatic N) is 1. The van der Waals surface area contributed by atoms with Crippen LogP contribution >= 0.6 is 0 Å². The Labute approximate surface area is 90.6 Å². The van der Waals surface area contributed by atoms with E-state index in [1.165, 1.54) is 18.2 Å². The molecule has 16 heavy (non-hydrogen) atoms. The lowest BCUT2D eigenvalue weighted by Gasteiger charge is -2.03. The van der Waals surface area contributed by atoms with Crippen LogP contribution in [0.5, 0.6) is 0 Å². The van der Waals surface area contributed by atoms with Crippen molar-refractivity contribution in [2.24, 2.45) is 4.99 Å². The highest BCUT2D eigenvalue weighted by molar-refractivity contribution is 6.00. The third-order valence-electron chi connectivity index (χ3n) is 1.71. The summed E-state index contributed by atoms with van der Waals surface area (Å²) in [5.41, 5.74) is 0.285. The summed E-state index contributed by atoms with van der Waals surface area (Å²) in [6.07, 6.45) is 1.32. The fourth-order valence-electron chi connectivity index (χ4n) is 1.06. The molecule has 0 atom stereocenters. The number of hydrogen-bond acceptors (Lipinski definition) is 4. The number of benzene rings is 1. The summed E-state index contributed by atoms with van der Waals surface area (Å²) in [5.74, 6) is -1.75. The number of carboxylic acid groups (broad SMARTS) is 1. The predicted octanol–water partition coefficient (Wildman–Crippen LogP) is 0.468. The maximum absolute atomic E-state index is 11.5. The molecule has 0 aromatic heterocycles. The largest absolute Gasteiger partial charge is 0.480 e. The van der Waals surface area contributed by atoms with Crippen LogP contribution in [0.3, 0.4) is 0 Å². The number of carbonyl (C=O) groups is 2. The predicted molar refractivity (Wildman–Crippen MR) is 54.2 cm³/mol. The van der Waals surface area contributed by atoms with Crippen LogP contribution in [-0.4, -0.2) is 29.6 Å². The number of aliphatic carboxylic acids is 1. The molecule has 0 fully saturated rings. The molecule has 1 aromatic rings. The van der Waals surface area contributed by atoms with E-state index in [1.54, 1.807) is 12.1 Å². The third-order valence-corrected chi connectivity index (χ3v) is 1.71. The standard InChI is InChI=1S/C10H8N2O4/c13-6-12-8-4-2-1-3-7(8)10(16)11-5-9(14)15/h1-4H,5H2,(H,11,16)(H,14,15). The molecule has 0 aliphatic heterocycles. The fourth-order valence-corrected chi connectivity index (χ4v) is 1.06. The second-order valence-corrected chi connectivity index (χ2v) is 2.80. The second-order valence-electron chi connectivity index (χ2n) is 2.80. The van der Waals surface area contributed by atoms with Crippen molar-refractivity contribution in [3.8, 4) is 0 Å². The van der Waals surface area contributed by atoms with Crippen LogP contribution in [-0.2, 0) is 9.59 Å². The molecule has 1 amide bonds. The molecule has 0 heterocycles. The molecular weight excluding hydrogens is 212 g/mol. The SMILES string of the molecule is O=C=Nc1ccccc1C(=O)NCC(=O)O. The Kier molecular flexibility index (Phi) is 3.94. The van der Waals surface area contributed by atoms with Crippen molar-refractivity contribution >= 4 is 23.6 Å². The Hall–Kier alpha value is -2.46. The van der Waals surface area contributed by atoms with Crippen molar-refractivity contribution in [2.75, 3.05) is 6.54 Å². The lowest BCUT2D eigenvalue weighted by Crippen LogP contribution is -2.29. The molecule has 6 heteroatoms. The van der Waals surface area contributed by atoms with Crippen molar-refractivity contribution in [3.05, 3.63) is 29.8 Å². The van der Waals surface area contributed by atoms with Crippen molar-refractivity contribution in [1.82, 2.24) is 5.32 Å². The first-order chi connectivity index (χ1) is 7.65. The van der Waals surface area contributed by atoms with Gasteiger partial charge in [0.2, 0.25) is 6.08 Å². The minimum atomic E-state index is -1.15. The van der Waals surface area contributed by atoms with Gasteiger partial charge in [0.25, 0.3) is 5.91 Å². The molecule has 2 N–H and O–H groups in total. The van der Waals surface area contributed by atoms with Gasteiger partial charge in [0.15, 0.2) is 0 Å². The van der Waals surface area contributed by atoms with Gasteiger partial charge in [-0.05, 0) is 12.1 Å². The third kappa shape index (κ3) is 3.04. The molecule has 0 aliphatic rings. The summed E-state index contributed by atoms with van der Waals surface area (Å²) in [6, 6.07) is 6.08. The van der Waals surface area contributed by atoms with E-state index in [4.69, 9.17) is 5.11 Å². The van der Waals surface area contributed by atoms with Gasteiger partial charge in [0.05, 0.1) is 11.3 Å². The normalized spacial score (nSPS) is 9.00. The summed E-state index contributed by atoms with van der Waals surface area (Å²) >= 11 is 0. The highest BCUT2D eigenvalue weighted by Gasteiger charge is 2.10. The lowest BCUT2D eigenvalue weighted by atomic mass is 10.1. The summed E-state index contributed by atoms with van der Waals surface area (Å²) < 4.78 is 0. The van der Waals surface area contributed by atoms with Crippen molar-refractivity contribution in [2.45, 2.75) is 0 Å². The first-order valence-corrected chi connectivity index (χ1v) is 4.32. The Morgan fingerprint density at radius 2 is 2.06 bits per heavy atom. The van der Waals surface area contributed by atoms with E-state index in [0.29, 0.717) is 0 Å². The summed E-state index contributed by atoms with van der Waals surface area (Å²) in [6.45, 7) is -0.488. The minimum Gasteiger partial charge on any atom is -0.480 e. The van der Waals surface area contributed by atoms with Gasteiger partial charge in [-0.3, -0.25) is 9.59 Å². The first-order valence-electron chi connectivity index (χ1n) is 4.32. The molecule has 0 unspecified atom stereocenters. The van der Waals surface area contributed by atoms with Crippen LogP contribution in [0.25, 0.3) is 0 Å². The molecular formula is C10H8N2O4. The van der Waals surface area contributed by atoms with Gasteiger partial charge in [-0.25, -0.2) is 4.79 Å². The number of hydrogen-bond donors (Lipinski definition) is 2. The van der Waals surface area contributed by atoms with Gasteiger partial charge in [-0.1, -0.05) is 12.1 Å². The maximum atomic E-state index is 11.5. The van der Waals surface area contributed by atoms with Crippen molar-refractivity contribution in [3.63, 3.8) is 0 Å². The van der Waals surface area contributed by atoms with Crippen LogP contribution < -0.4 is 5.32 Å². The van der Waals surface area contributed by atoms with Gasteiger partial charge in [0.1, 0.15) is 6.54 Å². The smallest absolute Gasteiger partial charge is 0.322 e. The lowest BCUT2D eigenvalue weighted by molar-refractivity contribution is -0.135. The van der Waals surface area contributed by atoms with Crippen molar-refractivity contribution < 1.29 is 19.5 Å². The van der Waals surface area contributed by atoms with Gasteiger partial charge in [0, 0.05) is 0 Å². The zero-order chi connectivity index (χ0) is 12.0. The summed E-state index contributed by atoms with van der Waals surface area (Å²) in [5, 5.41) is 10.6. The number of rotatable bonds is 4. The average molecular weight is 220 g/mol. The minimum absolute atomic E-state index is 0.132. The molecule has 1 rings (SSSR count). The van der Waals surface area contributed by atoms with Crippen LogP contribution in [0.15, 0.2) is 29.3 Å². The van der Waals surface area contributed by atoms with Crippen molar-refractivity contribution in [1.29, 1.82) is 0 Å². The molecule has 0 aliphatic carbocycles. The zero-order valence-electron chi connectivity index (χ0n) is 8.14. The van der Waals surface area contributed by atoms with Gasteiger partial charge < -0.3 is 10.4 Å². The number of carboxylic acids is 1. The molecule has 1 aromatic carbocycles. The van der Waals surface area contributed by atoms with Crippen LogP contribution in [0.4, 0.5) is 5.69 Å².